The average Bonchev–Trinajstić information content (AvgIpc) is 2.55. The molecule has 0 amide bonds. The summed E-state index contributed by atoms with van der Waals surface area (Å²) in [4.78, 5) is 23.6. The molecule has 0 atom stereocenters. The van der Waals surface area contributed by atoms with Gasteiger partial charge in [0.15, 0.2) is 0 Å². The molecule has 8 nitrogen and oxygen atoms in total. The summed E-state index contributed by atoms with van der Waals surface area (Å²) >= 11 is 2.05. The first-order valence-corrected chi connectivity index (χ1v) is 10.2. The zero-order chi connectivity index (χ0) is 20.0. The van der Waals surface area contributed by atoms with Crippen LogP contribution in [-0.4, -0.2) is 42.1 Å². The molecule has 0 radical (unpaired) electrons. The second-order valence-electron chi connectivity index (χ2n) is 6.14. The second-order valence-corrected chi connectivity index (χ2v) is 8.85. The third kappa shape index (κ3) is 3.87. The molecule has 27 heavy (non-hydrogen) atoms. The molecule has 3 rings (SSSR count). The summed E-state index contributed by atoms with van der Waals surface area (Å²) in [5, 5.41) is -5.05. The zero-order valence-corrected chi connectivity index (χ0v) is 16.5. The lowest BCUT2D eigenvalue weighted by Gasteiger charge is -2.41. The monoisotopic (exact) mass is 518 g/mol. The Labute approximate surface area is 166 Å². The summed E-state index contributed by atoms with van der Waals surface area (Å²) < 4.78 is 72.7. The molecule has 0 saturated heterocycles. The topological polar surface area (TPSA) is 116 Å². The summed E-state index contributed by atoms with van der Waals surface area (Å²) in [5.74, 6) is -3.90. The van der Waals surface area contributed by atoms with Crippen molar-refractivity contribution in [3.8, 4) is 5.75 Å². The lowest BCUT2D eigenvalue weighted by atomic mass is 9.90. The fraction of sp³-hybridized carbons (Fsp3) is 0.467. The molecule has 1 aliphatic heterocycles. The standard InChI is InChI=1S/C15H13F2IO8S/c16-15(17,27(21,22)23)13(20)24-9-3-5-14(6-4-9)25-11-7-8(18)1-2-10(11)12(19)26-14/h1-2,7,9H,3-6H2,(H,21,22,23). The van der Waals surface area contributed by atoms with Gasteiger partial charge < -0.3 is 14.2 Å². The van der Waals surface area contributed by atoms with Crippen molar-refractivity contribution in [2.24, 2.45) is 0 Å². The lowest BCUT2D eigenvalue weighted by molar-refractivity contribution is -0.196. The van der Waals surface area contributed by atoms with E-state index in [1.807, 2.05) is 0 Å². The number of carbonyl (C=O) groups excluding carboxylic acids is 2. The number of halogens is 3. The first kappa shape index (κ1) is 20.2. The van der Waals surface area contributed by atoms with Crippen molar-refractivity contribution in [2.45, 2.75) is 42.8 Å². The minimum Gasteiger partial charge on any atom is -0.457 e. The highest BCUT2D eigenvalue weighted by atomic mass is 127. The van der Waals surface area contributed by atoms with Gasteiger partial charge in [-0.3, -0.25) is 4.55 Å². The van der Waals surface area contributed by atoms with Gasteiger partial charge in [0.2, 0.25) is 0 Å². The van der Waals surface area contributed by atoms with Crippen LogP contribution in [0, 0.1) is 3.57 Å². The quantitative estimate of drug-likeness (QED) is 0.369. The number of hydrogen-bond acceptors (Lipinski definition) is 7. The van der Waals surface area contributed by atoms with E-state index in [4.69, 9.17) is 14.0 Å². The molecule has 12 heteroatoms. The Bertz CT molecular complexity index is 893. The van der Waals surface area contributed by atoms with E-state index in [9.17, 15) is 26.8 Å². The Morgan fingerprint density at radius 3 is 2.52 bits per heavy atom. The second kappa shape index (κ2) is 6.81. The van der Waals surface area contributed by atoms with Crippen LogP contribution in [0.2, 0.25) is 0 Å². The summed E-state index contributed by atoms with van der Waals surface area (Å²) in [5.41, 5.74) is 0.266. The smallest absolute Gasteiger partial charge is 0.457 e. The van der Waals surface area contributed by atoms with Crippen molar-refractivity contribution >= 4 is 44.6 Å². The number of rotatable bonds is 3. The molecule has 1 aliphatic carbocycles. The normalized spacial score (nSPS) is 25.3. The van der Waals surface area contributed by atoms with Gasteiger partial charge in [0, 0.05) is 16.4 Å². The van der Waals surface area contributed by atoms with Crippen LogP contribution in [-0.2, 0) is 24.4 Å². The Morgan fingerprint density at radius 1 is 1.30 bits per heavy atom. The van der Waals surface area contributed by atoms with Crippen molar-refractivity contribution in [2.75, 3.05) is 0 Å². The summed E-state index contributed by atoms with van der Waals surface area (Å²) in [6, 6.07) is 4.95. The molecule has 1 aromatic carbocycles. The van der Waals surface area contributed by atoms with Crippen molar-refractivity contribution < 1.29 is 45.6 Å². The predicted octanol–water partition coefficient (Wildman–Crippen LogP) is 2.50. The molecule has 1 fully saturated rings. The van der Waals surface area contributed by atoms with Gasteiger partial charge in [-0.05, 0) is 53.6 Å². The fourth-order valence-corrected chi connectivity index (χ4v) is 3.59. The number of fused-ring (bicyclic) bond motifs is 1. The van der Waals surface area contributed by atoms with Crippen LogP contribution in [0.25, 0.3) is 0 Å². The zero-order valence-electron chi connectivity index (χ0n) is 13.5. The number of alkyl halides is 2. The largest absolute Gasteiger partial charge is 0.465 e. The van der Waals surface area contributed by atoms with E-state index in [1.165, 1.54) is 0 Å². The van der Waals surface area contributed by atoms with Crippen LogP contribution in [0.4, 0.5) is 8.78 Å². The first-order valence-electron chi connectivity index (χ1n) is 7.71. The van der Waals surface area contributed by atoms with Gasteiger partial charge in [-0.2, -0.15) is 17.2 Å². The van der Waals surface area contributed by atoms with Crippen molar-refractivity contribution in [1.82, 2.24) is 0 Å². The third-order valence-electron chi connectivity index (χ3n) is 4.27. The first-order chi connectivity index (χ1) is 12.4. The van der Waals surface area contributed by atoms with E-state index in [-0.39, 0.29) is 31.2 Å². The van der Waals surface area contributed by atoms with E-state index in [0.29, 0.717) is 5.75 Å². The Morgan fingerprint density at radius 2 is 1.93 bits per heavy atom. The Balaban J connectivity index is 1.67. The van der Waals surface area contributed by atoms with E-state index >= 15 is 0 Å². The van der Waals surface area contributed by atoms with Gasteiger partial charge >= 0.3 is 27.3 Å². The highest BCUT2D eigenvalue weighted by Crippen LogP contribution is 2.41. The predicted molar refractivity (Wildman–Crippen MR) is 92.8 cm³/mol. The number of benzene rings is 1. The van der Waals surface area contributed by atoms with Crippen molar-refractivity contribution in [3.05, 3.63) is 27.3 Å². The third-order valence-corrected chi connectivity index (χ3v) is 5.75. The number of carbonyl (C=O) groups is 2. The maximum absolute atomic E-state index is 13.3. The summed E-state index contributed by atoms with van der Waals surface area (Å²) in [6.07, 6.45) is -0.923. The number of hydrogen-bond donors (Lipinski definition) is 1. The van der Waals surface area contributed by atoms with E-state index in [0.717, 1.165) is 3.57 Å². The molecule has 1 saturated carbocycles. The molecule has 2 aliphatic rings. The molecule has 0 unspecified atom stereocenters. The Hall–Kier alpha value is -1.54. The van der Waals surface area contributed by atoms with Crippen LogP contribution in [0.15, 0.2) is 18.2 Å². The van der Waals surface area contributed by atoms with Crippen LogP contribution in [0.1, 0.15) is 36.0 Å². The lowest BCUT2D eigenvalue weighted by Crippen LogP contribution is -2.49. The average molecular weight is 518 g/mol. The molecule has 1 heterocycles. The molecule has 0 aromatic heterocycles. The minimum absolute atomic E-state index is 0.000163. The highest BCUT2D eigenvalue weighted by molar-refractivity contribution is 14.1. The molecule has 1 aromatic rings. The van der Waals surface area contributed by atoms with Gasteiger partial charge in [-0.1, -0.05) is 0 Å². The van der Waals surface area contributed by atoms with Crippen LogP contribution in [0.5, 0.6) is 5.75 Å². The number of esters is 2. The van der Waals surface area contributed by atoms with Crippen LogP contribution < -0.4 is 4.74 Å². The summed E-state index contributed by atoms with van der Waals surface area (Å²) in [7, 11) is -5.93. The van der Waals surface area contributed by atoms with Gasteiger partial charge in [-0.25, -0.2) is 9.59 Å². The van der Waals surface area contributed by atoms with E-state index in [1.54, 1.807) is 18.2 Å². The maximum atomic E-state index is 13.3. The molecule has 1 N–H and O–H groups in total. The van der Waals surface area contributed by atoms with Gasteiger partial charge in [0.05, 0.1) is 0 Å². The SMILES string of the molecule is O=C1OC2(CCC(OC(=O)C(F)(F)S(=O)(=O)O)CC2)Oc2cc(I)ccc21. The van der Waals surface area contributed by atoms with Gasteiger partial charge in [0.25, 0.3) is 5.79 Å². The molecular weight excluding hydrogens is 505 g/mol. The Kier molecular flexibility index (Phi) is 5.10. The number of ether oxygens (including phenoxy) is 3. The van der Waals surface area contributed by atoms with E-state index in [2.05, 4.69) is 27.3 Å². The van der Waals surface area contributed by atoms with Gasteiger partial charge in [-0.15, -0.1) is 0 Å². The molecule has 1 spiro atoms. The van der Waals surface area contributed by atoms with Crippen molar-refractivity contribution in [1.29, 1.82) is 0 Å². The molecular formula is C15H13F2IO8S. The van der Waals surface area contributed by atoms with Gasteiger partial charge in [0.1, 0.15) is 17.4 Å². The molecule has 0 bridgehead atoms. The fourth-order valence-electron chi connectivity index (χ4n) is 2.87. The highest BCUT2D eigenvalue weighted by Gasteiger charge is 2.55. The molecule has 148 valence electrons. The van der Waals surface area contributed by atoms with Crippen molar-refractivity contribution in [3.63, 3.8) is 0 Å². The minimum atomic E-state index is -5.93. The maximum Gasteiger partial charge on any atom is 0.465 e. The van der Waals surface area contributed by atoms with Crippen LogP contribution >= 0.6 is 22.6 Å². The summed E-state index contributed by atoms with van der Waals surface area (Å²) in [6.45, 7) is 0. The van der Waals surface area contributed by atoms with E-state index < -0.39 is 39.2 Å². The van der Waals surface area contributed by atoms with Crippen LogP contribution in [0.3, 0.4) is 0 Å².